The second kappa shape index (κ2) is 7.22. The lowest BCUT2D eigenvalue weighted by Gasteiger charge is -2.22. The zero-order valence-electron chi connectivity index (χ0n) is 14.4. The van der Waals surface area contributed by atoms with Crippen LogP contribution in [0, 0.1) is 11.7 Å². The van der Waals surface area contributed by atoms with Crippen molar-refractivity contribution in [2.45, 2.75) is 30.8 Å². The lowest BCUT2D eigenvalue weighted by Crippen LogP contribution is -2.31. The minimum atomic E-state index is -1.24. The number of aliphatic hydroxyl groups is 3. The molecule has 1 saturated carbocycles. The number of aromatic nitrogens is 4. The van der Waals surface area contributed by atoms with Crippen LogP contribution in [0.4, 0.5) is 10.2 Å². The van der Waals surface area contributed by atoms with Gasteiger partial charge in [0.05, 0.1) is 34.9 Å². The third-order valence-corrected chi connectivity index (χ3v) is 5.54. The van der Waals surface area contributed by atoms with Gasteiger partial charge in [-0.3, -0.25) is 0 Å². The number of hydrogen-bond donors (Lipinski definition) is 5. The number of halogens is 2. The quantitative estimate of drug-likeness (QED) is 0.317. The van der Waals surface area contributed by atoms with Crippen molar-refractivity contribution in [2.24, 2.45) is 11.8 Å². The maximum Gasteiger partial charge on any atom is 0.163 e. The van der Waals surface area contributed by atoms with Gasteiger partial charge in [0.15, 0.2) is 11.5 Å². The largest absolute Gasteiger partial charge is 0.390 e. The zero-order valence-corrected chi connectivity index (χ0v) is 15.2. The Hall–Kier alpha value is -2.37. The molecular formula is C17H18ClFN6O3. The average molecular weight is 409 g/mol. The molecule has 28 heavy (non-hydrogen) atoms. The van der Waals surface area contributed by atoms with Gasteiger partial charge in [-0.05, 0) is 24.1 Å². The summed E-state index contributed by atoms with van der Waals surface area (Å²) in [5.41, 5.74) is 3.14. The van der Waals surface area contributed by atoms with Gasteiger partial charge < -0.3 is 20.7 Å². The Morgan fingerprint density at radius 1 is 1.29 bits per heavy atom. The van der Waals surface area contributed by atoms with Crippen LogP contribution in [0.25, 0.3) is 11.0 Å². The highest BCUT2D eigenvalue weighted by Crippen LogP contribution is 2.43. The minimum Gasteiger partial charge on any atom is -0.390 e. The number of rotatable bonds is 4. The molecule has 1 aliphatic rings. The minimum absolute atomic E-state index is 0.0622. The van der Waals surface area contributed by atoms with Gasteiger partial charge in [0.2, 0.25) is 0 Å². The fourth-order valence-corrected chi connectivity index (χ4v) is 3.88. The summed E-state index contributed by atoms with van der Waals surface area (Å²) < 4.78 is 15.2. The van der Waals surface area contributed by atoms with E-state index in [2.05, 4.69) is 20.5 Å². The van der Waals surface area contributed by atoms with Crippen molar-refractivity contribution in [3.05, 3.63) is 47.1 Å². The highest BCUT2D eigenvalue weighted by atomic mass is 35.5. The molecule has 0 amide bonds. The Morgan fingerprint density at radius 3 is 2.79 bits per heavy atom. The molecule has 1 aliphatic carbocycles. The van der Waals surface area contributed by atoms with Crippen molar-refractivity contribution in [3.8, 4) is 0 Å². The summed E-state index contributed by atoms with van der Waals surface area (Å²) in [7, 11) is 0. The molecule has 4 rings (SSSR count). The van der Waals surface area contributed by atoms with Crippen molar-refractivity contribution >= 4 is 28.5 Å². The molecule has 0 saturated heterocycles. The van der Waals surface area contributed by atoms with Crippen molar-refractivity contribution in [2.75, 3.05) is 5.43 Å². The lowest BCUT2D eigenvalue weighted by molar-refractivity contribution is -0.0271. The normalized spacial score (nSPS) is 25.9. The second-order valence-electron chi connectivity index (χ2n) is 6.76. The summed E-state index contributed by atoms with van der Waals surface area (Å²) in [6, 6.07) is 3.29. The Labute approximate surface area is 163 Å². The van der Waals surface area contributed by atoms with Crippen molar-refractivity contribution < 1.29 is 19.7 Å². The van der Waals surface area contributed by atoms with Crippen LogP contribution < -0.4 is 11.3 Å². The lowest BCUT2D eigenvalue weighted by atomic mass is 9.92. The van der Waals surface area contributed by atoms with Crippen LogP contribution in [-0.2, 0) is 0 Å². The summed E-state index contributed by atoms with van der Waals surface area (Å²) in [4.78, 5) is 8.18. The van der Waals surface area contributed by atoms with E-state index in [4.69, 9.17) is 17.4 Å². The van der Waals surface area contributed by atoms with Crippen LogP contribution in [0.2, 0.25) is 5.02 Å². The third kappa shape index (κ3) is 2.99. The number of hydrogen-bond acceptors (Lipinski definition) is 8. The van der Waals surface area contributed by atoms with Crippen molar-refractivity contribution in [1.82, 2.24) is 19.7 Å². The molecule has 0 spiro atoms. The molecule has 1 aromatic carbocycles. The molecule has 1 fully saturated rings. The predicted octanol–water partition coefficient (Wildman–Crippen LogP) is 0.921. The molecule has 0 aliphatic heterocycles. The van der Waals surface area contributed by atoms with Gasteiger partial charge in [-0.2, -0.15) is 5.10 Å². The summed E-state index contributed by atoms with van der Waals surface area (Å²) >= 11 is 5.68. The Morgan fingerprint density at radius 2 is 2.07 bits per heavy atom. The molecule has 2 aromatic heterocycles. The highest BCUT2D eigenvalue weighted by molar-refractivity contribution is 6.30. The van der Waals surface area contributed by atoms with E-state index in [1.165, 1.54) is 29.3 Å². The zero-order chi connectivity index (χ0) is 20.0. The Bertz CT molecular complexity index is 1020. The topological polar surface area (TPSA) is 142 Å². The van der Waals surface area contributed by atoms with E-state index >= 15 is 0 Å². The summed E-state index contributed by atoms with van der Waals surface area (Å²) in [6.07, 6.45) is -0.645. The van der Waals surface area contributed by atoms with Gasteiger partial charge in [0, 0.05) is 5.92 Å². The van der Waals surface area contributed by atoms with Gasteiger partial charge in [0.25, 0.3) is 0 Å². The third-order valence-electron chi connectivity index (χ3n) is 5.23. The van der Waals surface area contributed by atoms with Crippen LogP contribution in [0.5, 0.6) is 0 Å². The first-order valence-corrected chi connectivity index (χ1v) is 8.94. The van der Waals surface area contributed by atoms with Crippen molar-refractivity contribution in [3.63, 3.8) is 0 Å². The van der Waals surface area contributed by atoms with Crippen LogP contribution >= 0.6 is 11.6 Å². The number of nitrogens with one attached hydrogen (secondary N) is 1. The molecule has 9 nitrogen and oxygen atoms in total. The van der Waals surface area contributed by atoms with Gasteiger partial charge in [-0.15, -0.1) is 0 Å². The first-order chi connectivity index (χ1) is 13.4. The maximum atomic E-state index is 13.7. The molecule has 5 atom stereocenters. The fourth-order valence-electron chi connectivity index (χ4n) is 3.76. The Kier molecular flexibility index (Phi) is 4.89. The van der Waals surface area contributed by atoms with Gasteiger partial charge in [-0.25, -0.2) is 24.9 Å². The molecule has 2 heterocycles. The SMILES string of the molecule is NNc1ncnc2c1cnn2[C@@H]1C[C@H]([C@H](O)c2ccc(Cl)c(F)c2)[C@@H](O)[C@H]1O. The number of hydrazine groups is 1. The predicted molar refractivity (Wildman–Crippen MR) is 98.7 cm³/mol. The number of nitrogens with zero attached hydrogens (tertiary/aromatic N) is 4. The van der Waals surface area contributed by atoms with Gasteiger partial charge >= 0.3 is 0 Å². The van der Waals surface area contributed by atoms with E-state index in [0.29, 0.717) is 16.9 Å². The van der Waals surface area contributed by atoms with Crippen molar-refractivity contribution in [1.29, 1.82) is 0 Å². The molecule has 3 aromatic rings. The standard InChI is InChI=1S/C17H18ClFN6O3/c18-10-2-1-7(3-11(10)19)13(26)8-4-12(15(28)14(8)27)25-17-9(5-23-25)16(24-20)21-6-22-17/h1-3,5-6,8,12-15,26-28H,4,20H2,(H,21,22,24)/t8-,12-,13-,14-,15+/m1/s1. The van der Waals surface area contributed by atoms with E-state index in [-0.39, 0.29) is 17.0 Å². The monoisotopic (exact) mass is 408 g/mol. The molecule has 0 radical (unpaired) electrons. The smallest absolute Gasteiger partial charge is 0.163 e. The first kappa shape index (κ1) is 19.0. The highest BCUT2D eigenvalue weighted by Gasteiger charge is 2.46. The maximum absolute atomic E-state index is 13.7. The number of nitrogens with two attached hydrogens (primary N) is 1. The van der Waals surface area contributed by atoms with Crippen LogP contribution in [0.3, 0.4) is 0 Å². The number of benzene rings is 1. The van der Waals surface area contributed by atoms with Gasteiger partial charge in [-0.1, -0.05) is 17.7 Å². The average Bonchev–Trinajstić information content (AvgIpc) is 3.25. The van der Waals surface area contributed by atoms with E-state index < -0.39 is 36.1 Å². The van der Waals surface area contributed by atoms with E-state index in [1.54, 1.807) is 0 Å². The molecule has 148 valence electrons. The fraction of sp³-hybridized carbons (Fsp3) is 0.353. The molecule has 11 heteroatoms. The number of anilines is 1. The summed E-state index contributed by atoms with van der Waals surface area (Å²) in [6.45, 7) is 0. The van der Waals surface area contributed by atoms with E-state index in [9.17, 15) is 19.7 Å². The van der Waals surface area contributed by atoms with Crippen LogP contribution in [-0.4, -0.2) is 47.3 Å². The Balaban J connectivity index is 1.65. The van der Waals surface area contributed by atoms with Gasteiger partial charge in [0.1, 0.15) is 18.2 Å². The molecule has 0 bridgehead atoms. The first-order valence-electron chi connectivity index (χ1n) is 8.56. The molecular weight excluding hydrogens is 391 g/mol. The molecule has 6 N–H and O–H groups in total. The van der Waals surface area contributed by atoms with E-state index in [1.807, 2.05) is 0 Å². The number of nitrogen functional groups attached to an aromatic ring is 1. The number of fused-ring (bicyclic) bond motifs is 1. The molecule has 0 unspecified atom stereocenters. The van der Waals surface area contributed by atoms with E-state index in [0.717, 1.165) is 6.07 Å². The number of aliphatic hydroxyl groups excluding tert-OH is 3. The van der Waals surface area contributed by atoms with Crippen LogP contribution in [0.15, 0.2) is 30.7 Å². The second-order valence-corrected chi connectivity index (χ2v) is 7.17. The summed E-state index contributed by atoms with van der Waals surface area (Å²) in [5, 5.41) is 36.5. The summed E-state index contributed by atoms with van der Waals surface area (Å²) in [5.74, 6) is 4.40. The van der Waals surface area contributed by atoms with Crippen LogP contribution in [0.1, 0.15) is 24.1 Å².